The fourth-order valence-electron chi connectivity index (χ4n) is 2.41. The van der Waals surface area contributed by atoms with Crippen molar-refractivity contribution in [2.45, 2.75) is 52.0 Å². The van der Waals surface area contributed by atoms with E-state index >= 15 is 0 Å². The lowest BCUT2D eigenvalue weighted by Crippen LogP contribution is -2.48. The van der Waals surface area contributed by atoms with Gasteiger partial charge < -0.3 is 5.11 Å². The number of nitrogens with zero attached hydrogens (tertiary/aromatic N) is 1. The Morgan fingerprint density at radius 1 is 1.31 bits per heavy atom. The van der Waals surface area contributed by atoms with Crippen molar-refractivity contribution < 1.29 is 5.11 Å². The van der Waals surface area contributed by atoms with Gasteiger partial charge in [-0.05, 0) is 31.1 Å². The van der Waals surface area contributed by atoms with Crippen LogP contribution < -0.4 is 0 Å². The SMILES string of the molecule is CCC(CC)(CBr)CN(CCO)C1CCC1. The second kappa shape index (κ2) is 6.97. The minimum atomic E-state index is 0.294. The first-order valence-electron chi connectivity index (χ1n) is 6.62. The molecule has 1 aliphatic rings. The normalized spacial score (nSPS) is 17.8. The monoisotopic (exact) mass is 291 g/mol. The molecule has 0 aliphatic heterocycles. The smallest absolute Gasteiger partial charge is 0.0558 e. The molecule has 1 N–H and O–H groups in total. The molecule has 3 heteroatoms. The van der Waals surface area contributed by atoms with Crippen molar-refractivity contribution in [1.29, 1.82) is 0 Å². The molecule has 1 rings (SSSR count). The van der Waals surface area contributed by atoms with Gasteiger partial charge in [-0.1, -0.05) is 36.2 Å². The van der Waals surface area contributed by atoms with E-state index < -0.39 is 0 Å². The molecule has 1 aliphatic carbocycles. The molecule has 0 spiro atoms. The van der Waals surface area contributed by atoms with E-state index in [2.05, 4.69) is 34.7 Å². The first-order valence-corrected chi connectivity index (χ1v) is 7.74. The Kier molecular flexibility index (Phi) is 6.30. The van der Waals surface area contributed by atoms with Crippen molar-refractivity contribution in [2.75, 3.05) is 25.0 Å². The van der Waals surface area contributed by atoms with Crippen LogP contribution in [0.3, 0.4) is 0 Å². The molecular formula is C13H26BrNO. The fourth-order valence-corrected chi connectivity index (χ4v) is 3.38. The summed E-state index contributed by atoms with van der Waals surface area (Å²) in [6.45, 7) is 6.84. The Balaban J connectivity index is 2.56. The van der Waals surface area contributed by atoms with Gasteiger partial charge in [0.2, 0.25) is 0 Å². The van der Waals surface area contributed by atoms with Crippen LogP contribution in [0.25, 0.3) is 0 Å². The van der Waals surface area contributed by atoms with E-state index in [0.29, 0.717) is 12.0 Å². The van der Waals surface area contributed by atoms with Crippen LogP contribution in [-0.2, 0) is 0 Å². The maximum Gasteiger partial charge on any atom is 0.0558 e. The van der Waals surface area contributed by atoms with Crippen LogP contribution in [0.15, 0.2) is 0 Å². The molecule has 1 fully saturated rings. The molecule has 96 valence electrons. The fraction of sp³-hybridized carbons (Fsp3) is 1.00. The summed E-state index contributed by atoms with van der Waals surface area (Å²) in [5.41, 5.74) is 0.394. The number of halogens is 1. The number of alkyl halides is 1. The predicted molar refractivity (Wildman–Crippen MR) is 73.1 cm³/mol. The molecule has 0 amide bonds. The number of rotatable bonds is 8. The predicted octanol–water partition coefficient (Wildman–Crippen LogP) is 3.03. The van der Waals surface area contributed by atoms with Gasteiger partial charge in [0.05, 0.1) is 6.61 Å². The van der Waals surface area contributed by atoms with Crippen LogP contribution >= 0.6 is 15.9 Å². The molecule has 0 bridgehead atoms. The molecule has 1 saturated carbocycles. The van der Waals surface area contributed by atoms with Crippen molar-refractivity contribution >= 4 is 15.9 Å². The molecule has 0 aromatic rings. The van der Waals surface area contributed by atoms with Gasteiger partial charge in [0.1, 0.15) is 0 Å². The summed E-state index contributed by atoms with van der Waals surface area (Å²) in [6, 6.07) is 0.740. The average Bonchev–Trinajstić information content (AvgIpc) is 2.24. The van der Waals surface area contributed by atoms with Crippen LogP contribution in [0.5, 0.6) is 0 Å². The van der Waals surface area contributed by atoms with Gasteiger partial charge in [-0.25, -0.2) is 0 Å². The van der Waals surface area contributed by atoms with E-state index in [0.717, 1.165) is 24.5 Å². The van der Waals surface area contributed by atoms with Crippen LogP contribution in [0, 0.1) is 5.41 Å². The van der Waals surface area contributed by atoms with E-state index in [1.165, 1.54) is 32.1 Å². The van der Waals surface area contributed by atoms with E-state index in [9.17, 15) is 0 Å². The van der Waals surface area contributed by atoms with Gasteiger partial charge in [0.15, 0.2) is 0 Å². The number of aliphatic hydroxyl groups excluding tert-OH is 1. The molecule has 0 radical (unpaired) electrons. The van der Waals surface area contributed by atoms with Gasteiger partial charge in [0, 0.05) is 24.5 Å². The van der Waals surface area contributed by atoms with Crippen molar-refractivity contribution in [2.24, 2.45) is 5.41 Å². The Morgan fingerprint density at radius 3 is 2.25 bits per heavy atom. The highest BCUT2D eigenvalue weighted by molar-refractivity contribution is 9.09. The summed E-state index contributed by atoms with van der Waals surface area (Å²) in [6.07, 6.45) is 6.44. The van der Waals surface area contributed by atoms with Gasteiger partial charge in [-0.15, -0.1) is 0 Å². The first-order chi connectivity index (χ1) is 7.71. The van der Waals surface area contributed by atoms with E-state index in [4.69, 9.17) is 5.11 Å². The Bertz CT molecular complexity index is 182. The summed E-state index contributed by atoms with van der Waals surface area (Å²) >= 11 is 3.67. The zero-order chi connectivity index (χ0) is 12.0. The van der Waals surface area contributed by atoms with Crippen LogP contribution in [0.2, 0.25) is 0 Å². The highest BCUT2D eigenvalue weighted by Crippen LogP contribution is 2.33. The summed E-state index contributed by atoms with van der Waals surface area (Å²) in [4.78, 5) is 2.51. The third kappa shape index (κ3) is 3.44. The minimum absolute atomic E-state index is 0.294. The summed E-state index contributed by atoms with van der Waals surface area (Å²) < 4.78 is 0. The topological polar surface area (TPSA) is 23.5 Å². The van der Waals surface area contributed by atoms with E-state index in [1.54, 1.807) is 0 Å². The molecule has 16 heavy (non-hydrogen) atoms. The summed E-state index contributed by atoms with van der Waals surface area (Å²) in [7, 11) is 0. The van der Waals surface area contributed by atoms with Crippen molar-refractivity contribution in [3.63, 3.8) is 0 Å². The zero-order valence-corrected chi connectivity index (χ0v) is 12.3. The van der Waals surface area contributed by atoms with Gasteiger partial charge in [-0.3, -0.25) is 4.90 Å². The van der Waals surface area contributed by atoms with Crippen molar-refractivity contribution in [3.05, 3.63) is 0 Å². The van der Waals surface area contributed by atoms with Crippen LogP contribution in [0.4, 0.5) is 0 Å². The first kappa shape index (κ1) is 14.5. The molecule has 0 aromatic heterocycles. The summed E-state index contributed by atoms with van der Waals surface area (Å²) in [5, 5.41) is 10.2. The lowest BCUT2D eigenvalue weighted by molar-refractivity contribution is 0.0575. The molecule has 2 nitrogen and oxygen atoms in total. The Labute approximate surface area is 109 Å². The highest BCUT2D eigenvalue weighted by atomic mass is 79.9. The highest BCUT2D eigenvalue weighted by Gasteiger charge is 2.32. The number of aliphatic hydroxyl groups is 1. The van der Waals surface area contributed by atoms with E-state index in [1.807, 2.05) is 0 Å². The van der Waals surface area contributed by atoms with Crippen LogP contribution in [0.1, 0.15) is 46.0 Å². The Morgan fingerprint density at radius 2 is 1.94 bits per heavy atom. The van der Waals surface area contributed by atoms with Gasteiger partial charge >= 0.3 is 0 Å². The standard InChI is InChI=1S/C13H26BrNO/c1-3-13(4-2,10-14)11-15(8-9-16)12-6-5-7-12/h12,16H,3-11H2,1-2H3. The molecule has 0 saturated heterocycles. The maximum atomic E-state index is 9.17. The second-order valence-electron chi connectivity index (χ2n) is 5.12. The van der Waals surface area contributed by atoms with Crippen molar-refractivity contribution in [3.8, 4) is 0 Å². The molecule has 0 aromatic carbocycles. The average molecular weight is 292 g/mol. The third-order valence-corrected chi connectivity index (χ3v) is 5.49. The zero-order valence-electron chi connectivity index (χ0n) is 10.7. The van der Waals surface area contributed by atoms with E-state index in [-0.39, 0.29) is 0 Å². The van der Waals surface area contributed by atoms with Crippen molar-refractivity contribution in [1.82, 2.24) is 4.90 Å². The van der Waals surface area contributed by atoms with Crippen LogP contribution in [-0.4, -0.2) is 41.1 Å². The Hall–Kier alpha value is 0.400. The third-order valence-electron chi connectivity index (χ3n) is 4.30. The summed E-state index contributed by atoms with van der Waals surface area (Å²) in [5.74, 6) is 0. The quantitative estimate of drug-likeness (QED) is 0.695. The van der Waals surface area contributed by atoms with Gasteiger partial charge in [-0.2, -0.15) is 0 Å². The lowest BCUT2D eigenvalue weighted by Gasteiger charge is -2.43. The second-order valence-corrected chi connectivity index (χ2v) is 5.68. The number of hydrogen-bond acceptors (Lipinski definition) is 2. The maximum absolute atomic E-state index is 9.17. The lowest BCUT2D eigenvalue weighted by atomic mass is 9.82. The molecular weight excluding hydrogens is 266 g/mol. The minimum Gasteiger partial charge on any atom is -0.395 e. The molecule has 0 unspecified atom stereocenters. The van der Waals surface area contributed by atoms with Gasteiger partial charge in [0.25, 0.3) is 0 Å². The number of hydrogen-bond donors (Lipinski definition) is 1. The largest absolute Gasteiger partial charge is 0.395 e. The molecule has 0 atom stereocenters. The molecule has 0 heterocycles.